The molecular formula is C23H23N9O2S2. The molecule has 0 bridgehead atoms. The van der Waals surface area contributed by atoms with Crippen LogP contribution in [0.1, 0.15) is 33.7 Å². The zero-order chi connectivity index (χ0) is 24.7. The number of aromatic nitrogens is 6. The van der Waals surface area contributed by atoms with Crippen LogP contribution in [-0.2, 0) is 29.0 Å². The first-order valence-electron chi connectivity index (χ1n) is 11.4. The van der Waals surface area contributed by atoms with E-state index >= 15 is 0 Å². The van der Waals surface area contributed by atoms with Crippen molar-refractivity contribution in [2.45, 2.75) is 31.7 Å². The maximum Gasteiger partial charge on any atom is 0.232 e. The van der Waals surface area contributed by atoms with Crippen molar-refractivity contribution in [3.05, 3.63) is 70.2 Å². The Morgan fingerprint density at radius 2 is 1.50 bits per heavy atom. The van der Waals surface area contributed by atoms with Gasteiger partial charge in [0.05, 0.1) is 19.4 Å². The molecule has 0 aliphatic carbocycles. The van der Waals surface area contributed by atoms with Crippen molar-refractivity contribution in [1.82, 2.24) is 35.3 Å². The van der Waals surface area contributed by atoms with Crippen LogP contribution in [0.25, 0.3) is 0 Å². The fourth-order valence-corrected chi connectivity index (χ4v) is 5.53. The van der Waals surface area contributed by atoms with E-state index < -0.39 is 0 Å². The van der Waals surface area contributed by atoms with Gasteiger partial charge in [-0.05, 0) is 37.2 Å². The van der Waals surface area contributed by atoms with Crippen LogP contribution >= 0.6 is 22.7 Å². The monoisotopic (exact) mass is 521 g/mol. The van der Waals surface area contributed by atoms with Crippen LogP contribution in [0.5, 0.6) is 0 Å². The molecule has 5 heterocycles. The third-order valence-corrected chi connectivity index (χ3v) is 7.34. The van der Waals surface area contributed by atoms with Gasteiger partial charge in [0.2, 0.25) is 22.1 Å². The third-order valence-electron chi connectivity index (χ3n) is 5.52. The molecule has 1 atom stereocenters. The summed E-state index contributed by atoms with van der Waals surface area (Å²) in [4.78, 5) is 35.1. The van der Waals surface area contributed by atoms with E-state index in [0.717, 1.165) is 29.5 Å². The molecule has 0 aromatic carbocycles. The number of likely N-dealkylation sites (tertiary alicyclic amines) is 1. The average molecular weight is 522 g/mol. The van der Waals surface area contributed by atoms with E-state index in [0.29, 0.717) is 28.2 Å². The molecule has 0 spiro atoms. The van der Waals surface area contributed by atoms with Gasteiger partial charge in [0.25, 0.3) is 0 Å². The first kappa shape index (κ1) is 24.0. The number of anilines is 2. The van der Waals surface area contributed by atoms with E-state index in [2.05, 4.69) is 45.9 Å². The molecule has 5 rings (SSSR count). The Morgan fingerprint density at radius 3 is 2.14 bits per heavy atom. The minimum absolute atomic E-state index is 0.163. The van der Waals surface area contributed by atoms with Crippen molar-refractivity contribution in [1.29, 1.82) is 0 Å². The van der Waals surface area contributed by atoms with E-state index in [-0.39, 0.29) is 30.6 Å². The van der Waals surface area contributed by atoms with Crippen LogP contribution in [0.3, 0.4) is 0 Å². The van der Waals surface area contributed by atoms with Gasteiger partial charge in [0, 0.05) is 36.2 Å². The van der Waals surface area contributed by atoms with E-state index in [1.807, 2.05) is 36.4 Å². The maximum atomic E-state index is 12.3. The Hall–Kier alpha value is -3.68. The molecule has 13 heteroatoms. The molecule has 1 aliphatic rings. The van der Waals surface area contributed by atoms with Gasteiger partial charge in [-0.3, -0.25) is 24.5 Å². The molecule has 0 saturated carbocycles. The molecule has 4 aromatic heterocycles. The summed E-state index contributed by atoms with van der Waals surface area (Å²) in [6.07, 6.45) is 4.66. The number of pyridine rings is 2. The van der Waals surface area contributed by atoms with E-state index in [1.54, 1.807) is 12.4 Å². The normalized spacial score (nSPS) is 15.6. The summed E-state index contributed by atoms with van der Waals surface area (Å²) in [5.74, 6) is -0.0881. The lowest BCUT2D eigenvalue weighted by atomic mass is 10.1. The molecule has 2 N–H and O–H groups in total. The Kier molecular flexibility index (Phi) is 7.59. The molecule has 36 heavy (non-hydrogen) atoms. The molecule has 1 aliphatic heterocycles. The number of nitrogens with zero attached hydrogens (tertiary/aromatic N) is 7. The van der Waals surface area contributed by atoms with Gasteiger partial charge in [-0.15, -0.1) is 20.4 Å². The van der Waals surface area contributed by atoms with Crippen molar-refractivity contribution in [3.8, 4) is 0 Å². The summed E-state index contributed by atoms with van der Waals surface area (Å²) in [6, 6.07) is 11.0. The van der Waals surface area contributed by atoms with Gasteiger partial charge < -0.3 is 10.6 Å². The SMILES string of the molecule is O=C(Cc1ccccn1)Nc1nnc(CN2CCC(c3nnc(NC(=O)Cc4ccccn4)s3)C2)s1. The minimum atomic E-state index is -0.170. The lowest BCUT2D eigenvalue weighted by Crippen LogP contribution is -2.19. The molecule has 1 fully saturated rings. The highest BCUT2D eigenvalue weighted by Crippen LogP contribution is 2.32. The Balaban J connectivity index is 1.09. The van der Waals surface area contributed by atoms with E-state index in [1.165, 1.54) is 22.7 Å². The number of hydrogen-bond acceptors (Lipinski definition) is 11. The zero-order valence-electron chi connectivity index (χ0n) is 19.2. The van der Waals surface area contributed by atoms with Crippen LogP contribution in [0.15, 0.2) is 48.8 Å². The van der Waals surface area contributed by atoms with E-state index in [9.17, 15) is 9.59 Å². The summed E-state index contributed by atoms with van der Waals surface area (Å²) >= 11 is 2.78. The fourth-order valence-electron chi connectivity index (χ4n) is 3.85. The van der Waals surface area contributed by atoms with Crippen molar-refractivity contribution in [2.75, 3.05) is 23.7 Å². The minimum Gasteiger partial charge on any atom is -0.300 e. The zero-order valence-corrected chi connectivity index (χ0v) is 20.8. The molecule has 11 nitrogen and oxygen atoms in total. The van der Waals surface area contributed by atoms with Gasteiger partial charge in [-0.2, -0.15) is 0 Å². The molecule has 1 saturated heterocycles. The number of nitrogens with one attached hydrogen (secondary N) is 2. The van der Waals surface area contributed by atoms with Crippen LogP contribution < -0.4 is 10.6 Å². The maximum absolute atomic E-state index is 12.3. The van der Waals surface area contributed by atoms with Crippen LogP contribution in [0.4, 0.5) is 10.3 Å². The predicted molar refractivity (Wildman–Crippen MR) is 136 cm³/mol. The number of carbonyl (C=O) groups excluding carboxylic acids is 2. The number of rotatable bonds is 9. The Bertz CT molecular complexity index is 1310. The van der Waals surface area contributed by atoms with Gasteiger partial charge >= 0.3 is 0 Å². The van der Waals surface area contributed by atoms with Crippen molar-refractivity contribution < 1.29 is 9.59 Å². The highest BCUT2D eigenvalue weighted by atomic mass is 32.1. The number of hydrogen-bond donors (Lipinski definition) is 2. The lowest BCUT2D eigenvalue weighted by molar-refractivity contribution is -0.116. The van der Waals surface area contributed by atoms with Crippen molar-refractivity contribution in [3.63, 3.8) is 0 Å². The van der Waals surface area contributed by atoms with Gasteiger partial charge in [0.15, 0.2) is 0 Å². The fraction of sp³-hybridized carbons (Fsp3) is 0.304. The first-order chi connectivity index (χ1) is 17.6. The molecule has 184 valence electrons. The molecule has 2 amide bonds. The van der Waals surface area contributed by atoms with Gasteiger partial charge in [-0.25, -0.2) is 0 Å². The average Bonchev–Trinajstić information content (AvgIpc) is 3.62. The largest absolute Gasteiger partial charge is 0.300 e. The van der Waals surface area contributed by atoms with E-state index in [4.69, 9.17) is 0 Å². The molecular weight excluding hydrogens is 498 g/mol. The third kappa shape index (κ3) is 6.50. The topological polar surface area (TPSA) is 139 Å². The van der Waals surface area contributed by atoms with Crippen molar-refractivity contribution >= 4 is 44.8 Å². The summed E-state index contributed by atoms with van der Waals surface area (Å²) in [6.45, 7) is 2.36. The summed E-state index contributed by atoms with van der Waals surface area (Å²) in [5, 5.41) is 25.1. The summed E-state index contributed by atoms with van der Waals surface area (Å²) < 4.78 is 0. The highest BCUT2D eigenvalue weighted by Gasteiger charge is 2.28. The van der Waals surface area contributed by atoms with Gasteiger partial charge in [-0.1, -0.05) is 34.8 Å². The molecule has 1 unspecified atom stereocenters. The quantitative estimate of drug-likeness (QED) is 0.340. The lowest BCUT2D eigenvalue weighted by Gasteiger charge is -2.12. The standard InChI is InChI=1S/C23H23N9O2S2/c33-18(11-16-5-1-3-8-24-16)26-22-30-28-20(35-22)14-32-10-7-15(13-32)21-29-31-23(36-21)27-19(34)12-17-6-2-4-9-25-17/h1-6,8-9,15H,7,10-14H2,(H,26,30,33)(H,27,31,34). The second-order valence-corrected chi connectivity index (χ2v) is 10.3. The highest BCUT2D eigenvalue weighted by molar-refractivity contribution is 7.15. The predicted octanol–water partition coefficient (Wildman–Crippen LogP) is 2.53. The summed E-state index contributed by atoms with van der Waals surface area (Å²) in [7, 11) is 0. The Morgan fingerprint density at radius 1 is 0.861 bits per heavy atom. The van der Waals surface area contributed by atoms with Gasteiger partial charge in [0.1, 0.15) is 10.0 Å². The summed E-state index contributed by atoms with van der Waals surface area (Å²) in [5.41, 5.74) is 1.41. The molecule has 0 radical (unpaired) electrons. The second kappa shape index (κ2) is 11.4. The Labute approximate surface area is 215 Å². The number of amides is 2. The first-order valence-corrected chi connectivity index (χ1v) is 13.0. The van der Waals surface area contributed by atoms with Crippen LogP contribution in [-0.4, -0.2) is 60.2 Å². The van der Waals surface area contributed by atoms with Crippen LogP contribution in [0.2, 0.25) is 0 Å². The van der Waals surface area contributed by atoms with Crippen molar-refractivity contribution in [2.24, 2.45) is 0 Å². The van der Waals surface area contributed by atoms with Crippen LogP contribution in [0, 0.1) is 0 Å². The number of carbonyl (C=O) groups is 2. The molecule has 4 aromatic rings. The smallest absolute Gasteiger partial charge is 0.232 e. The second-order valence-electron chi connectivity index (χ2n) is 8.26.